The molecule has 0 spiro atoms. The van der Waals surface area contributed by atoms with Gasteiger partial charge < -0.3 is 0 Å². The Labute approximate surface area is 127 Å². The normalized spacial score (nSPS) is 11.4. The van der Waals surface area contributed by atoms with E-state index in [4.69, 9.17) is 0 Å². The highest BCUT2D eigenvalue weighted by Crippen LogP contribution is 2.22. The fraction of sp³-hybridized carbons (Fsp3) is 0. The quantitative estimate of drug-likeness (QED) is 0.784. The summed E-state index contributed by atoms with van der Waals surface area (Å²) in [7, 11) is -4.33. The Morgan fingerprint density at radius 3 is 2.25 bits per heavy atom. The second-order valence-corrected chi connectivity index (χ2v) is 6.70. The summed E-state index contributed by atoms with van der Waals surface area (Å²) < 4.78 is 66.1. The van der Waals surface area contributed by atoms with Gasteiger partial charge >= 0.3 is 0 Å². The van der Waals surface area contributed by atoms with E-state index in [0.29, 0.717) is 9.64 Å². The molecule has 106 valence electrons. The highest BCUT2D eigenvalue weighted by Gasteiger charge is 2.21. The first kappa shape index (κ1) is 15.1. The van der Waals surface area contributed by atoms with E-state index in [1.807, 2.05) is 27.3 Å². The monoisotopic (exact) mass is 413 g/mol. The van der Waals surface area contributed by atoms with Gasteiger partial charge in [0.2, 0.25) is 0 Å². The lowest BCUT2D eigenvalue weighted by molar-refractivity contribution is 0.550. The van der Waals surface area contributed by atoms with Crippen LogP contribution in [-0.4, -0.2) is 8.42 Å². The average molecular weight is 413 g/mol. The molecule has 0 fully saturated rings. The Balaban J connectivity index is 2.41. The summed E-state index contributed by atoms with van der Waals surface area (Å²) in [5.41, 5.74) is -0.311. The van der Waals surface area contributed by atoms with Gasteiger partial charge in [-0.25, -0.2) is 21.6 Å². The molecule has 0 aliphatic carbocycles. The minimum absolute atomic E-state index is 0.311. The summed E-state index contributed by atoms with van der Waals surface area (Å²) in [5.74, 6) is -2.94. The van der Waals surface area contributed by atoms with Crippen molar-refractivity contribution in [3.05, 3.63) is 57.4 Å². The fourth-order valence-electron chi connectivity index (χ4n) is 1.47. The van der Waals surface area contributed by atoms with Gasteiger partial charge in [-0.15, -0.1) is 0 Å². The second kappa shape index (κ2) is 5.60. The number of hydrogen-bond donors (Lipinski definition) is 1. The highest BCUT2D eigenvalue weighted by atomic mass is 127. The Morgan fingerprint density at radius 1 is 0.950 bits per heavy atom. The second-order valence-electron chi connectivity index (χ2n) is 3.80. The molecular formula is C12H7F3INO2S. The molecule has 0 aliphatic rings. The van der Waals surface area contributed by atoms with Crippen molar-refractivity contribution in [1.82, 2.24) is 0 Å². The number of anilines is 1. The Morgan fingerprint density at radius 2 is 1.65 bits per heavy atom. The minimum Gasteiger partial charge on any atom is -0.277 e. The molecule has 0 atom stereocenters. The van der Waals surface area contributed by atoms with Crippen LogP contribution in [0.1, 0.15) is 0 Å². The SMILES string of the molecule is O=S(=O)(Nc1ccc(I)cc1F)c1ccc(F)cc1F. The van der Waals surface area contributed by atoms with Gasteiger partial charge in [0.1, 0.15) is 22.3 Å². The Kier molecular flexibility index (Phi) is 4.23. The van der Waals surface area contributed by atoms with Crippen molar-refractivity contribution in [2.45, 2.75) is 4.90 Å². The smallest absolute Gasteiger partial charge is 0.264 e. The summed E-state index contributed by atoms with van der Waals surface area (Å²) in [5, 5.41) is 0. The highest BCUT2D eigenvalue weighted by molar-refractivity contribution is 14.1. The molecule has 3 nitrogen and oxygen atoms in total. The molecule has 2 aromatic carbocycles. The maximum atomic E-state index is 13.6. The number of halogens is 4. The van der Waals surface area contributed by atoms with Crippen LogP contribution in [0.25, 0.3) is 0 Å². The van der Waals surface area contributed by atoms with Crippen molar-refractivity contribution in [1.29, 1.82) is 0 Å². The molecule has 0 unspecified atom stereocenters. The van der Waals surface area contributed by atoms with Crippen LogP contribution in [0.2, 0.25) is 0 Å². The molecule has 0 heterocycles. The lowest BCUT2D eigenvalue weighted by Gasteiger charge is -2.10. The van der Waals surface area contributed by atoms with E-state index >= 15 is 0 Å². The standard InChI is InChI=1S/C12H7F3INO2S/c13-7-1-4-12(10(15)5-7)20(18,19)17-11-3-2-8(16)6-9(11)14/h1-6,17H. The van der Waals surface area contributed by atoms with Crippen LogP contribution >= 0.6 is 22.6 Å². The molecule has 0 radical (unpaired) electrons. The van der Waals surface area contributed by atoms with Crippen molar-refractivity contribution in [3.63, 3.8) is 0 Å². The first-order valence-corrected chi connectivity index (χ1v) is 7.79. The zero-order valence-corrected chi connectivity index (χ0v) is 12.7. The average Bonchev–Trinajstić information content (AvgIpc) is 2.32. The van der Waals surface area contributed by atoms with E-state index in [9.17, 15) is 21.6 Å². The molecule has 8 heteroatoms. The minimum atomic E-state index is -4.33. The summed E-state index contributed by atoms with van der Waals surface area (Å²) >= 11 is 1.86. The van der Waals surface area contributed by atoms with Crippen molar-refractivity contribution >= 4 is 38.3 Å². The first-order chi connectivity index (χ1) is 9.29. The summed E-state index contributed by atoms with van der Waals surface area (Å²) in [6.07, 6.45) is 0. The van der Waals surface area contributed by atoms with Gasteiger partial charge in [0.05, 0.1) is 5.69 Å². The van der Waals surface area contributed by atoms with E-state index in [-0.39, 0.29) is 5.69 Å². The van der Waals surface area contributed by atoms with Gasteiger partial charge in [-0.1, -0.05) is 0 Å². The molecule has 1 N–H and O–H groups in total. The van der Waals surface area contributed by atoms with Crippen molar-refractivity contribution in [2.75, 3.05) is 4.72 Å². The van der Waals surface area contributed by atoms with E-state index in [0.717, 1.165) is 18.2 Å². The number of hydrogen-bond acceptors (Lipinski definition) is 2. The molecule has 20 heavy (non-hydrogen) atoms. The first-order valence-electron chi connectivity index (χ1n) is 5.22. The predicted octanol–water partition coefficient (Wildman–Crippen LogP) is 3.51. The van der Waals surface area contributed by atoms with Gasteiger partial charge in [0.25, 0.3) is 10.0 Å². The van der Waals surface area contributed by atoms with E-state index < -0.39 is 32.4 Å². The molecule has 0 aliphatic heterocycles. The zero-order chi connectivity index (χ0) is 14.9. The van der Waals surface area contributed by atoms with Crippen LogP contribution in [0.5, 0.6) is 0 Å². The third-order valence-electron chi connectivity index (χ3n) is 2.36. The largest absolute Gasteiger partial charge is 0.277 e. The molecule has 0 amide bonds. The third kappa shape index (κ3) is 3.23. The van der Waals surface area contributed by atoms with Gasteiger partial charge in [-0.2, -0.15) is 0 Å². The zero-order valence-electron chi connectivity index (χ0n) is 9.70. The third-order valence-corrected chi connectivity index (χ3v) is 4.43. The molecular weight excluding hydrogens is 406 g/mol. The van der Waals surface area contributed by atoms with E-state index in [1.165, 1.54) is 12.1 Å². The maximum absolute atomic E-state index is 13.6. The van der Waals surface area contributed by atoms with Crippen LogP contribution in [0.4, 0.5) is 18.9 Å². The van der Waals surface area contributed by atoms with Crippen molar-refractivity contribution in [3.8, 4) is 0 Å². The number of nitrogens with one attached hydrogen (secondary N) is 1. The Hall–Kier alpha value is -1.29. The predicted molar refractivity (Wildman–Crippen MR) is 76.3 cm³/mol. The molecule has 0 saturated carbocycles. The summed E-state index contributed by atoms with van der Waals surface area (Å²) in [4.78, 5) is -0.753. The van der Waals surface area contributed by atoms with Crippen LogP contribution in [0.15, 0.2) is 41.3 Å². The van der Waals surface area contributed by atoms with E-state index in [2.05, 4.69) is 0 Å². The number of rotatable bonds is 3. The lowest BCUT2D eigenvalue weighted by atomic mass is 10.3. The molecule has 2 rings (SSSR count). The maximum Gasteiger partial charge on any atom is 0.264 e. The van der Waals surface area contributed by atoms with Crippen LogP contribution in [-0.2, 0) is 10.0 Å². The van der Waals surface area contributed by atoms with Gasteiger partial charge in [-0.05, 0) is 52.9 Å². The summed E-state index contributed by atoms with van der Waals surface area (Å²) in [6.45, 7) is 0. The van der Waals surface area contributed by atoms with Crippen molar-refractivity contribution in [2.24, 2.45) is 0 Å². The van der Waals surface area contributed by atoms with E-state index in [1.54, 1.807) is 0 Å². The molecule has 0 aromatic heterocycles. The van der Waals surface area contributed by atoms with Crippen LogP contribution in [0.3, 0.4) is 0 Å². The molecule has 2 aromatic rings. The number of benzene rings is 2. The lowest BCUT2D eigenvalue weighted by Crippen LogP contribution is -2.15. The topological polar surface area (TPSA) is 46.2 Å². The van der Waals surface area contributed by atoms with Gasteiger partial charge in [-0.3, -0.25) is 4.72 Å². The number of sulfonamides is 1. The Bertz CT molecular complexity index is 765. The fourth-order valence-corrected chi connectivity index (χ4v) is 3.05. The molecule has 0 saturated heterocycles. The van der Waals surface area contributed by atoms with Crippen LogP contribution < -0.4 is 4.72 Å². The van der Waals surface area contributed by atoms with Gasteiger partial charge in [0.15, 0.2) is 0 Å². The molecule has 0 bridgehead atoms. The summed E-state index contributed by atoms with van der Waals surface area (Å²) in [6, 6.07) is 5.86. The van der Waals surface area contributed by atoms with Crippen molar-refractivity contribution < 1.29 is 21.6 Å². The van der Waals surface area contributed by atoms with Crippen LogP contribution in [0, 0.1) is 21.0 Å². The van der Waals surface area contributed by atoms with Gasteiger partial charge in [0, 0.05) is 9.64 Å².